The van der Waals surface area contributed by atoms with Crippen molar-refractivity contribution in [2.45, 2.75) is 51.5 Å². The molecule has 0 spiro atoms. The highest BCUT2D eigenvalue weighted by Crippen LogP contribution is 2.31. The molecule has 0 radical (unpaired) electrons. The summed E-state index contributed by atoms with van der Waals surface area (Å²) < 4.78 is 15.1. The second kappa shape index (κ2) is 6.95. The molecule has 1 N–H and O–H groups in total. The van der Waals surface area contributed by atoms with Crippen molar-refractivity contribution in [3.8, 4) is 0 Å². The van der Waals surface area contributed by atoms with Crippen LogP contribution >= 0.6 is 0 Å². The van der Waals surface area contributed by atoms with Crippen LogP contribution in [0, 0.1) is 5.92 Å². The topological polar surface area (TPSA) is 102 Å². The molecule has 0 aliphatic carbocycles. The summed E-state index contributed by atoms with van der Waals surface area (Å²) in [6.07, 6.45) is -2.07. The number of ether oxygens (including phenoxy) is 3. The quantitative estimate of drug-likeness (QED) is 0.781. The predicted octanol–water partition coefficient (Wildman–Crippen LogP) is 1.23. The highest BCUT2D eigenvalue weighted by Gasteiger charge is 2.46. The molecule has 1 amide bonds. The zero-order valence-electron chi connectivity index (χ0n) is 13.5. The third-order valence-electron chi connectivity index (χ3n) is 3.35. The molecule has 1 aliphatic rings. The number of piperidine rings is 1. The van der Waals surface area contributed by atoms with Crippen molar-refractivity contribution < 1.29 is 33.7 Å². The molecule has 1 fully saturated rings. The van der Waals surface area contributed by atoms with Crippen LogP contribution in [0.1, 0.15) is 33.6 Å². The summed E-state index contributed by atoms with van der Waals surface area (Å²) in [4.78, 5) is 36.4. The highest BCUT2D eigenvalue weighted by molar-refractivity contribution is 5.83. The maximum atomic E-state index is 12.3. The molecule has 0 bridgehead atoms. The van der Waals surface area contributed by atoms with E-state index >= 15 is 0 Å². The highest BCUT2D eigenvalue weighted by atomic mass is 16.6. The van der Waals surface area contributed by atoms with Gasteiger partial charge in [-0.2, -0.15) is 0 Å². The number of hydrogen-bond acceptors (Lipinski definition) is 6. The van der Waals surface area contributed by atoms with Crippen LogP contribution in [0.5, 0.6) is 0 Å². The summed E-state index contributed by atoms with van der Waals surface area (Å²) in [5.74, 6) is -1.82. The lowest BCUT2D eigenvalue weighted by atomic mass is 9.89. The summed E-state index contributed by atoms with van der Waals surface area (Å²) >= 11 is 0. The number of likely N-dealkylation sites (tertiary alicyclic amines) is 1. The van der Waals surface area contributed by atoms with Crippen LogP contribution in [-0.2, 0) is 23.8 Å². The number of nitrogens with zero attached hydrogens (tertiary/aromatic N) is 1. The molecule has 0 aromatic carbocycles. The van der Waals surface area contributed by atoms with Gasteiger partial charge in [-0.15, -0.1) is 0 Å². The smallest absolute Gasteiger partial charge is 0.410 e. The van der Waals surface area contributed by atoms with Gasteiger partial charge in [-0.25, -0.2) is 9.59 Å². The van der Waals surface area contributed by atoms with E-state index in [0.29, 0.717) is 0 Å². The summed E-state index contributed by atoms with van der Waals surface area (Å²) in [7, 11) is 2.57. The van der Waals surface area contributed by atoms with E-state index < -0.39 is 41.8 Å². The van der Waals surface area contributed by atoms with Crippen LogP contribution in [-0.4, -0.2) is 60.1 Å². The Morgan fingerprint density at radius 3 is 2.09 bits per heavy atom. The van der Waals surface area contributed by atoms with Gasteiger partial charge in [-0.05, 0) is 27.2 Å². The van der Waals surface area contributed by atoms with Gasteiger partial charge in [0.1, 0.15) is 17.9 Å². The first-order valence-corrected chi connectivity index (χ1v) is 6.95. The molecule has 1 rings (SSSR count). The molecule has 0 aromatic rings. The Kier molecular flexibility index (Phi) is 5.76. The number of carboxylic acid groups (broad SMARTS) is 1. The molecule has 126 valence electrons. The average molecular weight is 317 g/mol. The fourth-order valence-electron chi connectivity index (χ4n) is 2.44. The zero-order chi connectivity index (χ0) is 17.1. The van der Waals surface area contributed by atoms with Gasteiger partial charge in [0.25, 0.3) is 0 Å². The lowest BCUT2D eigenvalue weighted by molar-refractivity contribution is -0.174. The Morgan fingerprint density at radius 2 is 1.68 bits per heavy atom. The monoisotopic (exact) mass is 317 g/mol. The number of amides is 1. The molecule has 0 aromatic heterocycles. The summed E-state index contributed by atoms with van der Waals surface area (Å²) in [5, 5.41) is 9.36. The molecule has 1 aliphatic heterocycles. The van der Waals surface area contributed by atoms with Gasteiger partial charge in [-0.3, -0.25) is 9.69 Å². The van der Waals surface area contributed by atoms with Gasteiger partial charge in [0.15, 0.2) is 0 Å². The van der Waals surface area contributed by atoms with Crippen LogP contribution in [0.2, 0.25) is 0 Å². The Hall–Kier alpha value is -1.83. The summed E-state index contributed by atoms with van der Waals surface area (Å²) in [6.45, 7) is 5.05. The van der Waals surface area contributed by atoms with Gasteiger partial charge >= 0.3 is 18.0 Å². The SMILES string of the molecule is COC(=O)[C@@H]1CC(OC)N(C(=O)O)[C@@H](C(=O)OC(C)(C)C)C1. The van der Waals surface area contributed by atoms with E-state index in [0.717, 1.165) is 4.90 Å². The van der Waals surface area contributed by atoms with Gasteiger partial charge in [0.2, 0.25) is 0 Å². The fourth-order valence-corrected chi connectivity index (χ4v) is 2.44. The summed E-state index contributed by atoms with van der Waals surface area (Å²) in [6, 6.07) is -1.11. The molecule has 8 heteroatoms. The Labute approximate surface area is 129 Å². The molecule has 3 atom stereocenters. The van der Waals surface area contributed by atoms with E-state index in [4.69, 9.17) is 14.2 Å². The third kappa shape index (κ3) is 4.33. The largest absolute Gasteiger partial charge is 0.469 e. The van der Waals surface area contributed by atoms with Crippen LogP contribution < -0.4 is 0 Å². The van der Waals surface area contributed by atoms with Gasteiger partial charge < -0.3 is 19.3 Å². The molecule has 8 nitrogen and oxygen atoms in total. The van der Waals surface area contributed by atoms with Crippen molar-refractivity contribution in [1.29, 1.82) is 0 Å². The van der Waals surface area contributed by atoms with Crippen molar-refractivity contribution >= 4 is 18.0 Å². The van der Waals surface area contributed by atoms with E-state index in [-0.39, 0.29) is 12.8 Å². The number of hydrogen-bond donors (Lipinski definition) is 1. The number of esters is 2. The number of carbonyl (C=O) groups is 3. The first kappa shape index (κ1) is 18.2. The van der Waals surface area contributed by atoms with Crippen molar-refractivity contribution in [3.63, 3.8) is 0 Å². The van der Waals surface area contributed by atoms with Crippen molar-refractivity contribution in [2.75, 3.05) is 14.2 Å². The second-order valence-electron chi connectivity index (χ2n) is 6.12. The van der Waals surface area contributed by atoms with E-state index in [1.807, 2.05) is 0 Å². The number of carbonyl (C=O) groups excluding carboxylic acids is 2. The third-order valence-corrected chi connectivity index (χ3v) is 3.35. The van der Waals surface area contributed by atoms with Crippen molar-refractivity contribution in [1.82, 2.24) is 4.90 Å². The van der Waals surface area contributed by atoms with E-state index in [2.05, 4.69) is 0 Å². The van der Waals surface area contributed by atoms with Crippen molar-refractivity contribution in [3.05, 3.63) is 0 Å². The van der Waals surface area contributed by atoms with Crippen LogP contribution in [0.15, 0.2) is 0 Å². The Morgan fingerprint density at radius 1 is 1.09 bits per heavy atom. The van der Waals surface area contributed by atoms with Crippen molar-refractivity contribution in [2.24, 2.45) is 5.92 Å². The first-order valence-electron chi connectivity index (χ1n) is 6.95. The van der Waals surface area contributed by atoms with Crippen LogP contribution in [0.4, 0.5) is 4.79 Å². The fraction of sp³-hybridized carbons (Fsp3) is 0.786. The van der Waals surface area contributed by atoms with E-state index in [1.165, 1.54) is 14.2 Å². The van der Waals surface area contributed by atoms with Gasteiger partial charge in [-0.1, -0.05) is 0 Å². The molecule has 0 saturated carbocycles. The standard InChI is InChI=1S/C14H23NO7/c1-14(2,3)22-12(17)9-6-8(11(16)21-5)7-10(20-4)15(9)13(18)19/h8-10H,6-7H2,1-5H3,(H,18,19)/t8-,9+,10?/m0/s1. The minimum atomic E-state index is -1.30. The zero-order valence-corrected chi connectivity index (χ0v) is 13.5. The molecular formula is C14H23NO7. The molecule has 1 heterocycles. The molecule has 1 unspecified atom stereocenters. The lowest BCUT2D eigenvalue weighted by Crippen LogP contribution is -2.57. The molecular weight excluding hydrogens is 294 g/mol. The summed E-state index contributed by atoms with van der Waals surface area (Å²) in [5.41, 5.74) is -0.762. The Bertz CT molecular complexity index is 443. The molecule has 1 saturated heterocycles. The van der Waals surface area contributed by atoms with E-state index in [9.17, 15) is 19.5 Å². The Balaban J connectivity index is 3.06. The number of methoxy groups -OCH3 is 2. The second-order valence-corrected chi connectivity index (χ2v) is 6.12. The average Bonchev–Trinajstić information content (AvgIpc) is 2.42. The van der Waals surface area contributed by atoms with Gasteiger partial charge in [0.05, 0.1) is 13.0 Å². The van der Waals surface area contributed by atoms with Gasteiger partial charge in [0, 0.05) is 13.5 Å². The minimum Gasteiger partial charge on any atom is -0.469 e. The minimum absolute atomic E-state index is 0.00769. The van der Waals surface area contributed by atoms with Crippen LogP contribution in [0.3, 0.4) is 0 Å². The van der Waals surface area contributed by atoms with Crippen LogP contribution in [0.25, 0.3) is 0 Å². The maximum absolute atomic E-state index is 12.3. The lowest BCUT2D eigenvalue weighted by Gasteiger charge is -2.41. The maximum Gasteiger partial charge on any atom is 0.410 e. The normalized spacial score (nSPS) is 25.5. The first-order chi connectivity index (χ1) is 10.1. The number of rotatable bonds is 3. The molecule has 22 heavy (non-hydrogen) atoms. The van der Waals surface area contributed by atoms with E-state index in [1.54, 1.807) is 20.8 Å². The predicted molar refractivity (Wildman–Crippen MR) is 75.0 cm³/mol.